The van der Waals surface area contributed by atoms with E-state index in [9.17, 15) is 0 Å². The summed E-state index contributed by atoms with van der Waals surface area (Å²) in [5.41, 5.74) is 2.53. The first-order valence-corrected chi connectivity index (χ1v) is 9.89. The summed E-state index contributed by atoms with van der Waals surface area (Å²) < 4.78 is 2.02. The number of nitrogens with zero attached hydrogens (tertiary/aromatic N) is 8. The molecule has 5 rings (SSSR count). The van der Waals surface area contributed by atoms with Gasteiger partial charge in [0.1, 0.15) is 17.3 Å². The van der Waals surface area contributed by atoms with Crippen LogP contribution in [0.3, 0.4) is 0 Å². The molecule has 4 aromatic rings. The maximum Gasteiger partial charge on any atom is 0.233 e. The molecular formula is C20H23N9. The molecule has 0 unspecified atom stereocenters. The van der Waals surface area contributed by atoms with Crippen LogP contribution in [0.15, 0.2) is 36.5 Å². The molecule has 0 atom stereocenters. The Balaban J connectivity index is 1.46. The van der Waals surface area contributed by atoms with Crippen LogP contribution in [0.5, 0.6) is 0 Å². The van der Waals surface area contributed by atoms with E-state index in [1.807, 2.05) is 47.9 Å². The van der Waals surface area contributed by atoms with Gasteiger partial charge in [-0.3, -0.25) is 4.40 Å². The van der Waals surface area contributed by atoms with Gasteiger partial charge >= 0.3 is 0 Å². The molecule has 0 bridgehead atoms. The highest BCUT2D eigenvalue weighted by Crippen LogP contribution is 2.20. The van der Waals surface area contributed by atoms with Crippen LogP contribution >= 0.6 is 0 Å². The van der Waals surface area contributed by atoms with E-state index in [4.69, 9.17) is 0 Å². The van der Waals surface area contributed by atoms with Crippen LogP contribution in [0.1, 0.15) is 12.7 Å². The van der Waals surface area contributed by atoms with E-state index in [1.165, 1.54) is 0 Å². The molecular weight excluding hydrogens is 366 g/mol. The Hall–Kier alpha value is -3.33. The third-order valence-electron chi connectivity index (χ3n) is 5.19. The number of rotatable bonds is 4. The van der Waals surface area contributed by atoms with Crippen LogP contribution < -0.4 is 10.2 Å². The lowest BCUT2D eigenvalue weighted by atomic mass is 10.3. The smallest absolute Gasteiger partial charge is 0.233 e. The van der Waals surface area contributed by atoms with E-state index in [2.05, 4.69) is 47.1 Å². The van der Waals surface area contributed by atoms with Gasteiger partial charge in [-0.1, -0.05) is 13.0 Å². The van der Waals surface area contributed by atoms with Crippen molar-refractivity contribution in [2.45, 2.75) is 13.3 Å². The summed E-state index contributed by atoms with van der Waals surface area (Å²) in [4.78, 5) is 27.6. The van der Waals surface area contributed by atoms with Crippen molar-refractivity contribution < 1.29 is 0 Å². The van der Waals surface area contributed by atoms with Gasteiger partial charge in [-0.2, -0.15) is 15.0 Å². The predicted octanol–water partition coefficient (Wildman–Crippen LogP) is 2.13. The van der Waals surface area contributed by atoms with Gasteiger partial charge in [-0.25, -0.2) is 9.97 Å². The van der Waals surface area contributed by atoms with Gasteiger partial charge in [0, 0.05) is 38.8 Å². The molecule has 9 nitrogen and oxygen atoms in total. The van der Waals surface area contributed by atoms with Crippen molar-refractivity contribution in [2.75, 3.05) is 43.4 Å². The van der Waals surface area contributed by atoms with Crippen LogP contribution in [0.25, 0.3) is 16.8 Å². The predicted molar refractivity (Wildman–Crippen MR) is 113 cm³/mol. The number of aryl methyl sites for hydroxylation is 1. The minimum Gasteiger partial charge on any atom is -0.338 e. The average molecular weight is 389 g/mol. The fourth-order valence-electron chi connectivity index (χ4n) is 3.50. The summed E-state index contributed by atoms with van der Waals surface area (Å²) in [6, 6.07) is 9.85. The molecule has 9 heteroatoms. The number of hydrogen-bond donors (Lipinski definition) is 1. The number of imidazole rings is 1. The first kappa shape index (κ1) is 17.7. The Kier molecular flexibility index (Phi) is 4.44. The van der Waals surface area contributed by atoms with Gasteiger partial charge < -0.3 is 15.1 Å². The van der Waals surface area contributed by atoms with Crippen molar-refractivity contribution in [1.29, 1.82) is 0 Å². The van der Waals surface area contributed by atoms with E-state index in [0.717, 1.165) is 55.5 Å². The molecule has 0 spiro atoms. The molecule has 4 aromatic heterocycles. The summed E-state index contributed by atoms with van der Waals surface area (Å²) in [6.07, 6.45) is 2.73. The molecule has 0 saturated carbocycles. The molecule has 1 fully saturated rings. The minimum atomic E-state index is 0.515. The lowest BCUT2D eigenvalue weighted by molar-refractivity contribution is 0.311. The number of fused-ring (bicyclic) bond motifs is 3. The number of nitrogens with one attached hydrogen (secondary N) is 1. The highest BCUT2D eigenvalue weighted by atomic mass is 15.3. The lowest BCUT2D eigenvalue weighted by Crippen LogP contribution is -2.45. The van der Waals surface area contributed by atoms with Crippen LogP contribution in [-0.4, -0.2) is 67.4 Å². The topological polar surface area (TPSA) is 87.4 Å². The van der Waals surface area contributed by atoms with Crippen molar-refractivity contribution in [3.8, 4) is 0 Å². The number of likely N-dealkylation sites (N-methyl/N-ethyl adjacent to an activating group) is 1. The highest BCUT2D eigenvalue weighted by Gasteiger charge is 2.18. The molecule has 0 aromatic carbocycles. The van der Waals surface area contributed by atoms with E-state index < -0.39 is 0 Å². The zero-order valence-electron chi connectivity index (χ0n) is 16.6. The Morgan fingerprint density at radius 3 is 2.62 bits per heavy atom. The van der Waals surface area contributed by atoms with Crippen molar-refractivity contribution >= 4 is 34.5 Å². The largest absolute Gasteiger partial charge is 0.338 e. The quantitative estimate of drug-likeness (QED) is 0.568. The fraction of sp³-hybridized carbons (Fsp3) is 0.350. The number of hydrogen-bond acceptors (Lipinski definition) is 8. The van der Waals surface area contributed by atoms with Gasteiger partial charge in [-0.05, 0) is 31.3 Å². The minimum absolute atomic E-state index is 0.515. The zero-order valence-corrected chi connectivity index (χ0v) is 16.6. The lowest BCUT2D eigenvalue weighted by Gasteiger charge is -2.32. The van der Waals surface area contributed by atoms with E-state index >= 15 is 0 Å². The molecule has 0 aliphatic carbocycles. The first-order chi connectivity index (χ1) is 14.2. The van der Waals surface area contributed by atoms with E-state index in [-0.39, 0.29) is 0 Å². The molecule has 5 heterocycles. The van der Waals surface area contributed by atoms with Crippen molar-refractivity contribution in [3.63, 3.8) is 0 Å². The summed E-state index contributed by atoms with van der Waals surface area (Å²) in [6.45, 7) is 5.88. The van der Waals surface area contributed by atoms with Crippen LogP contribution in [0, 0.1) is 0 Å². The molecule has 29 heavy (non-hydrogen) atoms. The van der Waals surface area contributed by atoms with Gasteiger partial charge in [0.05, 0.1) is 5.52 Å². The summed E-state index contributed by atoms with van der Waals surface area (Å²) in [5.74, 6) is 2.67. The van der Waals surface area contributed by atoms with Gasteiger partial charge in [0.15, 0.2) is 5.65 Å². The van der Waals surface area contributed by atoms with Crippen LogP contribution in [0.2, 0.25) is 0 Å². The SMILES string of the molecule is CCc1nc(Nc2ccc3c(n2)nc2ccccn23)nc(N2CCN(C)CC2)n1. The number of anilines is 3. The molecule has 1 N–H and O–H groups in total. The van der Waals surface area contributed by atoms with Crippen LogP contribution in [-0.2, 0) is 6.42 Å². The molecule has 1 aliphatic rings. The second-order valence-corrected chi connectivity index (χ2v) is 7.22. The molecule has 148 valence electrons. The maximum atomic E-state index is 4.66. The normalized spacial score (nSPS) is 15.3. The van der Waals surface area contributed by atoms with Gasteiger partial charge in [0.2, 0.25) is 11.9 Å². The van der Waals surface area contributed by atoms with Crippen LogP contribution in [0.4, 0.5) is 17.7 Å². The van der Waals surface area contributed by atoms with Crippen molar-refractivity contribution in [2.24, 2.45) is 0 Å². The second-order valence-electron chi connectivity index (χ2n) is 7.22. The Morgan fingerprint density at radius 2 is 1.79 bits per heavy atom. The Labute approximate surface area is 168 Å². The summed E-state index contributed by atoms with van der Waals surface area (Å²) in [5, 5.41) is 3.24. The van der Waals surface area contributed by atoms with Gasteiger partial charge in [-0.15, -0.1) is 0 Å². The Morgan fingerprint density at radius 1 is 0.931 bits per heavy atom. The Bertz CT molecular complexity index is 1160. The van der Waals surface area contributed by atoms with Gasteiger partial charge in [0.25, 0.3) is 0 Å². The first-order valence-electron chi connectivity index (χ1n) is 9.89. The third-order valence-corrected chi connectivity index (χ3v) is 5.19. The summed E-state index contributed by atoms with van der Waals surface area (Å²) >= 11 is 0. The number of aromatic nitrogens is 6. The van der Waals surface area contributed by atoms with E-state index in [1.54, 1.807) is 0 Å². The van der Waals surface area contributed by atoms with Crippen molar-refractivity contribution in [1.82, 2.24) is 34.2 Å². The van der Waals surface area contributed by atoms with Crippen molar-refractivity contribution in [3.05, 3.63) is 42.4 Å². The maximum absolute atomic E-state index is 4.66. The molecule has 1 aliphatic heterocycles. The highest BCUT2D eigenvalue weighted by molar-refractivity contribution is 5.78. The molecule has 0 radical (unpaired) electrons. The third kappa shape index (κ3) is 3.44. The second kappa shape index (κ2) is 7.25. The molecule has 1 saturated heterocycles. The molecule has 0 amide bonds. The fourth-order valence-corrected chi connectivity index (χ4v) is 3.50. The number of piperazine rings is 1. The monoisotopic (exact) mass is 389 g/mol. The van der Waals surface area contributed by atoms with E-state index in [0.29, 0.717) is 17.4 Å². The average Bonchev–Trinajstić information content (AvgIpc) is 3.11. The zero-order chi connectivity index (χ0) is 19.8. The number of pyridine rings is 2. The summed E-state index contributed by atoms with van der Waals surface area (Å²) in [7, 11) is 2.14. The standard InChI is InChI=1S/C20H23N9/c1-3-15-22-19(26-20(24-15)28-12-10-27(2)11-13-28)23-16-8-7-14-18(21-16)25-17-6-4-5-9-29(14)17/h4-9H,3,10-13H2,1-2H3,(H,21,22,23,24,26).